The Hall–Kier alpha value is -0.390. The first-order chi connectivity index (χ1) is 14.6. The summed E-state index contributed by atoms with van der Waals surface area (Å²) in [4.78, 5) is 0. The van der Waals surface area contributed by atoms with E-state index in [9.17, 15) is 4.57 Å². The molecule has 0 aliphatic carbocycles. The van der Waals surface area contributed by atoms with E-state index >= 15 is 0 Å². The lowest BCUT2D eigenvalue weighted by Gasteiger charge is -2.43. The van der Waals surface area contributed by atoms with E-state index in [0.29, 0.717) is 6.61 Å². The van der Waals surface area contributed by atoms with Crippen molar-refractivity contribution in [1.29, 1.82) is 5.26 Å². The summed E-state index contributed by atoms with van der Waals surface area (Å²) in [5.74, 6) is 1.53. The van der Waals surface area contributed by atoms with Crippen LogP contribution in [-0.4, -0.2) is 68.6 Å². The SMILES string of the molecule is COP(=O)(/C=C/[C@@]12CO[C@@H]([C@H](C)CO1)[C@H]2OP(OCCC#N)N(C(C)C)C(C)C)OC. The number of nitrogens with zero attached hydrogens (tertiary/aromatic N) is 2. The molecule has 0 saturated carbocycles. The summed E-state index contributed by atoms with van der Waals surface area (Å²) < 4.78 is 49.8. The van der Waals surface area contributed by atoms with Gasteiger partial charge in [-0.25, -0.2) is 4.67 Å². The molecule has 2 rings (SSSR count). The predicted molar refractivity (Wildman–Crippen MR) is 118 cm³/mol. The molecule has 0 aromatic heterocycles. The van der Waals surface area contributed by atoms with Gasteiger partial charge in [0.2, 0.25) is 0 Å². The van der Waals surface area contributed by atoms with Gasteiger partial charge < -0.3 is 27.6 Å². The number of rotatable bonds is 12. The Morgan fingerprint density at radius 1 is 1.29 bits per heavy atom. The van der Waals surface area contributed by atoms with E-state index in [1.54, 1.807) is 6.08 Å². The van der Waals surface area contributed by atoms with Crippen molar-refractivity contribution >= 4 is 16.1 Å². The molecule has 9 nitrogen and oxygen atoms in total. The molecule has 2 bridgehead atoms. The summed E-state index contributed by atoms with van der Waals surface area (Å²) in [5, 5.41) is 8.94. The van der Waals surface area contributed by atoms with Gasteiger partial charge in [-0.2, -0.15) is 5.26 Å². The minimum absolute atomic E-state index is 0.119. The highest BCUT2D eigenvalue weighted by Crippen LogP contribution is 2.54. The highest BCUT2D eigenvalue weighted by molar-refractivity contribution is 7.57. The van der Waals surface area contributed by atoms with Gasteiger partial charge in [0.05, 0.1) is 38.4 Å². The Morgan fingerprint density at radius 2 is 1.94 bits per heavy atom. The molecule has 0 aromatic carbocycles. The molecule has 2 heterocycles. The molecule has 11 heteroatoms. The van der Waals surface area contributed by atoms with Crippen LogP contribution < -0.4 is 0 Å². The van der Waals surface area contributed by atoms with Crippen molar-refractivity contribution in [2.75, 3.05) is 34.0 Å². The van der Waals surface area contributed by atoms with E-state index in [4.69, 9.17) is 32.8 Å². The number of hydrogen-bond donors (Lipinski definition) is 0. The topological polar surface area (TPSA) is 99.5 Å². The minimum Gasteiger partial charge on any atom is -0.372 e. The predicted octanol–water partition coefficient (Wildman–Crippen LogP) is 4.45. The van der Waals surface area contributed by atoms with Crippen LogP contribution in [0, 0.1) is 17.2 Å². The summed E-state index contributed by atoms with van der Waals surface area (Å²) in [7, 11) is -2.19. The standard InChI is InChI=1S/C20H36N2O7P2/c1-15(2)22(16(3)4)30(28-11-8-10-21)29-19-18-17(5)13-27-20(19,14-26-18)9-12-31(23,24-6)25-7/h9,12,15-19H,8,11,13-14H2,1-7H3/b12-9+/t17-,18+,19-,20+,30?/m1/s1. The number of fused-ring (bicyclic) bond motifs is 2. The van der Waals surface area contributed by atoms with Crippen molar-refractivity contribution < 1.29 is 32.1 Å². The first-order valence-corrected chi connectivity index (χ1v) is 13.3. The molecule has 2 saturated heterocycles. The molecule has 178 valence electrons. The second-order valence-corrected chi connectivity index (χ2v) is 11.8. The lowest BCUT2D eigenvalue weighted by molar-refractivity contribution is -0.117. The second kappa shape index (κ2) is 11.7. The molecule has 5 atom stereocenters. The molecule has 0 aromatic rings. The molecule has 2 fully saturated rings. The summed E-state index contributed by atoms with van der Waals surface area (Å²) in [6.07, 6.45) is 1.30. The van der Waals surface area contributed by atoms with Crippen molar-refractivity contribution in [3.8, 4) is 6.07 Å². The van der Waals surface area contributed by atoms with E-state index in [2.05, 4.69) is 45.4 Å². The number of nitriles is 1. The molecule has 2 aliphatic heterocycles. The summed E-state index contributed by atoms with van der Waals surface area (Å²) in [5.41, 5.74) is -0.928. The summed E-state index contributed by atoms with van der Waals surface area (Å²) in [6, 6.07) is 2.45. The van der Waals surface area contributed by atoms with Gasteiger partial charge in [-0.3, -0.25) is 4.57 Å². The first-order valence-electron chi connectivity index (χ1n) is 10.5. The van der Waals surface area contributed by atoms with E-state index in [0.717, 1.165) is 0 Å². The third kappa shape index (κ3) is 6.35. The number of ether oxygens (including phenoxy) is 2. The Morgan fingerprint density at radius 3 is 2.48 bits per heavy atom. The fourth-order valence-corrected chi connectivity index (χ4v) is 6.41. The van der Waals surface area contributed by atoms with E-state index < -0.39 is 27.8 Å². The molecule has 1 unspecified atom stereocenters. The van der Waals surface area contributed by atoms with Gasteiger partial charge in [-0.1, -0.05) is 6.92 Å². The monoisotopic (exact) mass is 478 g/mol. The Balaban J connectivity index is 2.36. The Bertz CT molecular complexity index is 684. The molecular formula is C20H36N2O7P2. The van der Waals surface area contributed by atoms with Crippen molar-refractivity contribution in [3.05, 3.63) is 11.9 Å². The molecule has 0 spiro atoms. The van der Waals surface area contributed by atoms with E-state index in [1.807, 2.05) is 0 Å². The lowest BCUT2D eigenvalue weighted by Crippen LogP contribution is -2.53. The van der Waals surface area contributed by atoms with Gasteiger partial charge >= 0.3 is 7.60 Å². The molecular weight excluding hydrogens is 442 g/mol. The maximum absolute atomic E-state index is 12.6. The van der Waals surface area contributed by atoms with Crippen molar-refractivity contribution in [2.24, 2.45) is 5.92 Å². The fraction of sp³-hybridized carbons (Fsp3) is 0.850. The van der Waals surface area contributed by atoms with Gasteiger partial charge in [-0.05, 0) is 33.8 Å². The second-order valence-electron chi connectivity index (χ2n) is 8.31. The molecule has 0 amide bonds. The first kappa shape index (κ1) is 26.9. The van der Waals surface area contributed by atoms with E-state index in [1.165, 1.54) is 20.0 Å². The molecule has 0 N–H and O–H groups in total. The average molecular weight is 478 g/mol. The van der Waals surface area contributed by atoms with Gasteiger partial charge in [0, 0.05) is 38.0 Å². The third-order valence-electron chi connectivity index (χ3n) is 5.37. The normalized spacial score (nSPS) is 29.9. The molecule has 31 heavy (non-hydrogen) atoms. The van der Waals surface area contributed by atoms with Crippen LogP contribution in [0.5, 0.6) is 0 Å². The zero-order chi connectivity index (χ0) is 23.2. The lowest BCUT2D eigenvalue weighted by atomic mass is 9.88. The third-order valence-corrected chi connectivity index (χ3v) is 9.02. The zero-order valence-corrected chi connectivity index (χ0v) is 21.3. The zero-order valence-electron chi connectivity index (χ0n) is 19.5. The van der Waals surface area contributed by atoms with Crippen LogP contribution in [0.4, 0.5) is 0 Å². The summed E-state index contributed by atoms with van der Waals surface area (Å²) >= 11 is 0. The molecule has 2 aliphatic rings. The van der Waals surface area contributed by atoms with Crippen molar-refractivity contribution in [1.82, 2.24) is 4.67 Å². The Kier molecular flexibility index (Phi) is 10.1. The Labute approximate surface area is 187 Å². The largest absolute Gasteiger partial charge is 0.372 e. The van der Waals surface area contributed by atoms with Gasteiger partial charge in [0.25, 0.3) is 8.53 Å². The van der Waals surface area contributed by atoms with Crippen LogP contribution in [0.25, 0.3) is 0 Å². The van der Waals surface area contributed by atoms with Crippen LogP contribution >= 0.6 is 16.1 Å². The van der Waals surface area contributed by atoms with Crippen LogP contribution in [0.1, 0.15) is 41.0 Å². The van der Waals surface area contributed by atoms with Crippen LogP contribution in [-0.2, 0) is 32.1 Å². The van der Waals surface area contributed by atoms with Crippen molar-refractivity contribution in [2.45, 2.75) is 70.9 Å². The van der Waals surface area contributed by atoms with Crippen LogP contribution in [0.3, 0.4) is 0 Å². The number of hydrogen-bond acceptors (Lipinski definition) is 9. The highest BCUT2D eigenvalue weighted by atomic mass is 31.2. The van der Waals surface area contributed by atoms with Gasteiger partial charge in [0.15, 0.2) is 0 Å². The quantitative estimate of drug-likeness (QED) is 0.297. The van der Waals surface area contributed by atoms with Gasteiger partial charge in [-0.15, -0.1) is 0 Å². The molecule has 0 radical (unpaired) electrons. The van der Waals surface area contributed by atoms with Gasteiger partial charge in [0.1, 0.15) is 11.7 Å². The van der Waals surface area contributed by atoms with E-state index in [-0.39, 0.29) is 43.7 Å². The smallest absolute Gasteiger partial charge is 0.353 e. The minimum atomic E-state index is -3.38. The maximum atomic E-state index is 12.6. The maximum Gasteiger partial charge on any atom is 0.353 e. The average Bonchev–Trinajstić information content (AvgIpc) is 2.98. The summed E-state index contributed by atoms with van der Waals surface area (Å²) in [6.45, 7) is 11.4. The van der Waals surface area contributed by atoms with Crippen molar-refractivity contribution in [3.63, 3.8) is 0 Å². The highest BCUT2D eigenvalue weighted by Gasteiger charge is 2.57. The van der Waals surface area contributed by atoms with Crippen LogP contribution in [0.15, 0.2) is 11.9 Å². The van der Waals surface area contributed by atoms with Crippen LogP contribution in [0.2, 0.25) is 0 Å². The fourth-order valence-electron chi connectivity index (χ4n) is 3.79.